The molecule has 1 N–H and O–H groups in total. The van der Waals surface area contributed by atoms with Crippen molar-refractivity contribution in [1.82, 2.24) is 4.90 Å². The predicted octanol–water partition coefficient (Wildman–Crippen LogP) is 5.54. The number of nitrogens with one attached hydrogen (secondary N) is 1. The van der Waals surface area contributed by atoms with Crippen LogP contribution >= 0.6 is 0 Å². The molecule has 4 heteroatoms. The van der Waals surface area contributed by atoms with Crippen LogP contribution < -0.4 is 5.32 Å². The number of carbonyl (C=O) groups excluding carboxylic acids is 1. The summed E-state index contributed by atoms with van der Waals surface area (Å²) in [7, 11) is 0. The molecule has 0 saturated carbocycles. The summed E-state index contributed by atoms with van der Waals surface area (Å²) < 4.78 is 0. The molecule has 1 amide bonds. The summed E-state index contributed by atoms with van der Waals surface area (Å²) in [6.45, 7) is 5.89. The van der Waals surface area contributed by atoms with Crippen molar-refractivity contribution < 1.29 is 4.79 Å². The Bertz CT molecular complexity index is 1060. The molecule has 164 valence electrons. The number of likely N-dealkylation sites (tertiary alicyclic amines) is 1. The Kier molecular flexibility index (Phi) is 7.13. The Hall–Kier alpha value is -3.24. The predicted molar refractivity (Wildman–Crippen MR) is 132 cm³/mol. The molecule has 4 rings (SSSR count). The highest BCUT2D eigenvalue weighted by Crippen LogP contribution is 2.25. The van der Waals surface area contributed by atoms with Gasteiger partial charge in [-0.25, -0.2) is 0 Å². The number of hydrogen-bond acceptors (Lipinski definition) is 3. The van der Waals surface area contributed by atoms with E-state index in [0.717, 1.165) is 48.5 Å². The van der Waals surface area contributed by atoms with Crippen LogP contribution in [0.4, 0.5) is 5.69 Å². The van der Waals surface area contributed by atoms with Crippen molar-refractivity contribution in [2.24, 2.45) is 4.99 Å². The molecule has 1 fully saturated rings. The second-order valence-corrected chi connectivity index (χ2v) is 8.59. The van der Waals surface area contributed by atoms with Crippen LogP contribution in [0.3, 0.4) is 0 Å². The third-order valence-electron chi connectivity index (χ3n) is 5.77. The van der Waals surface area contributed by atoms with E-state index < -0.39 is 0 Å². The van der Waals surface area contributed by atoms with E-state index in [9.17, 15) is 4.79 Å². The highest BCUT2D eigenvalue weighted by atomic mass is 16.2. The average molecular weight is 426 g/mol. The van der Waals surface area contributed by atoms with Crippen LogP contribution in [0.15, 0.2) is 89.9 Å². The lowest BCUT2D eigenvalue weighted by molar-refractivity contribution is -0.120. The first-order chi connectivity index (χ1) is 15.6. The third-order valence-corrected chi connectivity index (χ3v) is 5.77. The van der Waals surface area contributed by atoms with Gasteiger partial charge in [0.05, 0.1) is 17.4 Å². The summed E-state index contributed by atoms with van der Waals surface area (Å²) in [5.74, 6) is 0.0582. The molecule has 32 heavy (non-hydrogen) atoms. The van der Waals surface area contributed by atoms with E-state index in [1.807, 2.05) is 48.5 Å². The Morgan fingerprint density at radius 2 is 1.62 bits per heavy atom. The highest BCUT2D eigenvalue weighted by molar-refractivity contribution is 6.17. The largest absolute Gasteiger partial charge is 0.324 e. The molecule has 0 aliphatic carbocycles. The molecular weight excluding hydrogens is 394 g/mol. The van der Waals surface area contributed by atoms with Gasteiger partial charge in [-0.15, -0.1) is 0 Å². The molecule has 3 aromatic rings. The standard InChI is InChI=1S/C28H31N3O/c1-21(2)29-27(23-14-7-4-8-15-23)24-16-9-10-17-25(24)30-28(32)26-18-11-19-31(26)20-22-12-5-3-6-13-22/h3-10,12-17,21,26H,11,18-20H2,1-2H3,(H,30,32). The first-order valence-corrected chi connectivity index (χ1v) is 11.4. The molecule has 0 radical (unpaired) electrons. The summed E-state index contributed by atoms with van der Waals surface area (Å²) in [5, 5.41) is 3.23. The number of anilines is 1. The fraction of sp³-hybridized carbons (Fsp3) is 0.286. The molecule has 0 bridgehead atoms. The van der Waals surface area contributed by atoms with Gasteiger partial charge in [0.2, 0.25) is 5.91 Å². The number of aliphatic imine (C=N–C) groups is 1. The lowest BCUT2D eigenvalue weighted by Gasteiger charge is -2.24. The highest BCUT2D eigenvalue weighted by Gasteiger charge is 2.31. The summed E-state index contributed by atoms with van der Waals surface area (Å²) in [5.41, 5.74) is 4.96. The van der Waals surface area contributed by atoms with E-state index >= 15 is 0 Å². The Balaban J connectivity index is 1.58. The molecule has 0 spiro atoms. The van der Waals surface area contributed by atoms with Gasteiger partial charge in [0, 0.05) is 23.7 Å². The molecule has 1 aliphatic heterocycles. The van der Waals surface area contributed by atoms with Crippen LogP contribution in [0.5, 0.6) is 0 Å². The second-order valence-electron chi connectivity index (χ2n) is 8.59. The van der Waals surface area contributed by atoms with Crippen molar-refractivity contribution in [3.63, 3.8) is 0 Å². The van der Waals surface area contributed by atoms with Crippen LogP contribution in [0.1, 0.15) is 43.4 Å². The normalized spacial score (nSPS) is 17.0. The smallest absolute Gasteiger partial charge is 0.241 e. The van der Waals surface area contributed by atoms with Gasteiger partial charge in [-0.3, -0.25) is 14.7 Å². The maximum atomic E-state index is 13.4. The summed E-state index contributed by atoms with van der Waals surface area (Å²) in [4.78, 5) is 20.6. The van der Waals surface area contributed by atoms with Crippen molar-refractivity contribution in [3.8, 4) is 0 Å². The molecular formula is C28H31N3O. The zero-order valence-corrected chi connectivity index (χ0v) is 18.9. The van der Waals surface area contributed by atoms with Crippen LogP contribution in [0.2, 0.25) is 0 Å². The Morgan fingerprint density at radius 1 is 0.969 bits per heavy atom. The maximum absolute atomic E-state index is 13.4. The van der Waals surface area contributed by atoms with Gasteiger partial charge in [0.15, 0.2) is 0 Å². The van der Waals surface area contributed by atoms with Crippen molar-refractivity contribution >= 4 is 17.3 Å². The van der Waals surface area contributed by atoms with E-state index in [1.54, 1.807) is 0 Å². The monoisotopic (exact) mass is 425 g/mol. The van der Waals surface area contributed by atoms with Crippen LogP contribution in [0, 0.1) is 0 Å². The van der Waals surface area contributed by atoms with Crippen molar-refractivity contribution in [1.29, 1.82) is 0 Å². The van der Waals surface area contributed by atoms with Gasteiger partial charge in [-0.1, -0.05) is 78.9 Å². The minimum Gasteiger partial charge on any atom is -0.324 e. The Labute approximate surface area is 191 Å². The van der Waals surface area contributed by atoms with Crippen molar-refractivity contribution in [3.05, 3.63) is 102 Å². The lowest BCUT2D eigenvalue weighted by atomic mass is 10.00. The van der Waals surface area contributed by atoms with E-state index in [-0.39, 0.29) is 18.0 Å². The molecule has 0 aromatic heterocycles. The summed E-state index contributed by atoms with van der Waals surface area (Å²) in [6.07, 6.45) is 1.92. The molecule has 1 atom stereocenters. The lowest BCUT2D eigenvalue weighted by Crippen LogP contribution is -2.39. The van der Waals surface area contributed by atoms with Gasteiger partial charge >= 0.3 is 0 Å². The molecule has 3 aromatic carbocycles. The molecule has 1 saturated heterocycles. The number of para-hydroxylation sites is 1. The fourth-order valence-corrected chi connectivity index (χ4v) is 4.30. The quantitative estimate of drug-likeness (QED) is 0.506. The van der Waals surface area contributed by atoms with Gasteiger partial charge < -0.3 is 5.32 Å². The van der Waals surface area contributed by atoms with Gasteiger partial charge in [0.25, 0.3) is 0 Å². The van der Waals surface area contributed by atoms with Gasteiger partial charge in [0.1, 0.15) is 0 Å². The van der Waals surface area contributed by atoms with E-state index in [4.69, 9.17) is 4.99 Å². The van der Waals surface area contributed by atoms with Gasteiger partial charge in [-0.05, 0) is 44.9 Å². The van der Waals surface area contributed by atoms with Crippen molar-refractivity contribution in [2.75, 3.05) is 11.9 Å². The molecule has 1 aliphatic rings. The van der Waals surface area contributed by atoms with Gasteiger partial charge in [-0.2, -0.15) is 0 Å². The summed E-state index contributed by atoms with van der Waals surface area (Å²) in [6, 6.07) is 28.6. The number of hydrogen-bond donors (Lipinski definition) is 1. The minimum absolute atomic E-state index is 0.0582. The van der Waals surface area contributed by atoms with E-state index in [0.29, 0.717) is 0 Å². The number of benzene rings is 3. The van der Waals surface area contributed by atoms with Crippen LogP contribution in [-0.2, 0) is 11.3 Å². The van der Waals surface area contributed by atoms with Crippen LogP contribution in [-0.4, -0.2) is 35.1 Å². The third kappa shape index (κ3) is 5.32. The number of nitrogens with zero attached hydrogens (tertiary/aromatic N) is 2. The maximum Gasteiger partial charge on any atom is 0.241 e. The van der Waals surface area contributed by atoms with E-state index in [1.165, 1.54) is 5.56 Å². The topological polar surface area (TPSA) is 44.7 Å². The zero-order valence-electron chi connectivity index (χ0n) is 18.9. The summed E-state index contributed by atoms with van der Waals surface area (Å²) >= 11 is 0. The van der Waals surface area contributed by atoms with Crippen LogP contribution in [0.25, 0.3) is 0 Å². The van der Waals surface area contributed by atoms with Crippen molar-refractivity contribution in [2.45, 2.75) is 45.3 Å². The first-order valence-electron chi connectivity index (χ1n) is 11.4. The zero-order chi connectivity index (χ0) is 22.3. The second kappa shape index (κ2) is 10.4. The first kappa shape index (κ1) is 22.0. The average Bonchev–Trinajstić information content (AvgIpc) is 3.27. The minimum atomic E-state index is -0.120. The number of carbonyl (C=O) groups is 1. The SMILES string of the molecule is CC(C)N=C(c1ccccc1)c1ccccc1NC(=O)C1CCCN1Cc1ccccc1. The number of rotatable bonds is 7. The number of amides is 1. The molecule has 4 nitrogen and oxygen atoms in total. The Morgan fingerprint density at radius 3 is 2.34 bits per heavy atom. The molecule has 1 unspecified atom stereocenters. The van der Waals surface area contributed by atoms with E-state index in [2.05, 4.69) is 60.5 Å². The fourth-order valence-electron chi connectivity index (χ4n) is 4.30. The molecule has 1 heterocycles.